The zero-order valence-corrected chi connectivity index (χ0v) is 18.8. The van der Waals surface area contributed by atoms with Gasteiger partial charge in [0.05, 0.1) is 22.0 Å². The molecule has 1 atom stereocenters. The molecule has 2 aliphatic rings. The van der Waals surface area contributed by atoms with E-state index in [0.717, 1.165) is 43.8 Å². The van der Waals surface area contributed by atoms with E-state index in [1.165, 1.54) is 0 Å². The van der Waals surface area contributed by atoms with E-state index in [2.05, 4.69) is 26.9 Å². The molecule has 0 radical (unpaired) electrons. The van der Waals surface area contributed by atoms with E-state index in [9.17, 15) is 0 Å². The highest BCUT2D eigenvalue weighted by molar-refractivity contribution is 8.96. The number of nitrogens with zero attached hydrogens (tertiary/aromatic N) is 2. The fraction of sp³-hybridized carbons (Fsp3) is 0. The Balaban J connectivity index is 1.93. The predicted octanol–water partition coefficient (Wildman–Crippen LogP) is 6.38. The summed E-state index contributed by atoms with van der Waals surface area (Å²) in [6.45, 7) is 0. The first-order valence-corrected chi connectivity index (χ1v) is 16.7. The lowest BCUT2D eigenvalue weighted by atomic mass is 10.2. The lowest BCUT2D eigenvalue weighted by Gasteiger charge is -2.43. The molecule has 0 N–H and O–H groups in total. The third-order valence-corrected chi connectivity index (χ3v) is 13.4. The molecule has 0 amide bonds. The average molecular weight is 468 g/mol. The van der Waals surface area contributed by atoms with Crippen molar-refractivity contribution in [3.8, 4) is 17.1 Å². The van der Waals surface area contributed by atoms with E-state index >= 15 is 0 Å². The summed E-state index contributed by atoms with van der Waals surface area (Å²) in [7, 11) is 0. The molecule has 2 aromatic carbocycles. The van der Waals surface area contributed by atoms with Crippen LogP contribution in [-0.2, 0) is 36.3 Å². The minimum Gasteiger partial charge on any atom is -0.513 e. The van der Waals surface area contributed by atoms with Crippen LogP contribution in [0.2, 0.25) is 0 Å². The van der Waals surface area contributed by atoms with Gasteiger partial charge in [0.2, 0.25) is 5.75 Å². The van der Waals surface area contributed by atoms with Crippen LogP contribution in [0.5, 0.6) is 5.75 Å². The van der Waals surface area contributed by atoms with Crippen molar-refractivity contribution in [2.75, 3.05) is 0 Å². The number of aromatic nitrogens is 2. The van der Waals surface area contributed by atoms with Crippen LogP contribution in [0.15, 0.2) is 53.4 Å². The number of benzene rings is 2. The fourth-order valence-electron chi connectivity index (χ4n) is 3.82. The third kappa shape index (κ3) is 1.94. The molecule has 0 bridgehead atoms. The number of fused-ring (bicyclic) bond motifs is 6. The SMILES string of the molecule is S=P1(S)Sc2c3n(c4ccccc24)[P+]([S-])([S-])Oc2c-3n1c1ccccc21. The molecule has 0 fully saturated rings. The molecule has 10 heteroatoms. The Kier molecular flexibility index (Phi) is 3.37. The number of para-hydroxylation sites is 2. The van der Waals surface area contributed by atoms with Crippen LogP contribution >= 0.6 is 34.3 Å². The zero-order chi connectivity index (χ0) is 17.8. The van der Waals surface area contributed by atoms with Gasteiger partial charge in [0.1, 0.15) is 16.0 Å². The molecule has 2 aromatic heterocycles. The maximum absolute atomic E-state index is 6.34. The standard InChI is InChI=1S/C16H10N2OP2S5/c22-20(23)17-12-8-4-2-6-10(12)16-14(17)13-15(19-20)9-5-1-3-7-11(9)18(13)21(24,25)26-16/h1-8H,(H,22,23)(H,24,25)/p-1. The van der Waals surface area contributed by atoms with Crippen LogP contribution < -0.4 is 4.52 Å². The second kappa shape index (κ2) is 5.24. The van der Waals surface area contributed by atoms with Crippen LogP contribution in [0.3, 0.4) is 0 Å². The highest BCUT2D eigenvalue weighted by Gasteiger charge is 2.44. The topological polar surface area (TPSA) is 19.1 Å². The Morgan fingerprint density at radius 3 is 2.42 bits per heavy atom. The summed E-state index contributed by atoms with van der Waals surface area (Å²) in [4.78, 5) is 1.14. The van der Waals surface area contributed by atoms with E-state index in [0.29, 0.717) is 0 Å². The van der Waals surface area contributed by atoms with Gasteiger partial charge in [0, 0.05) is 10.8 Å². The minimum atomic E-state index is -2.67. The molecule has 0 saturated heterocycles. The molecule has 0 aliphatic carbocycles. The van der Waals surface area contributed by atoms with Gasteiger partial charge in [-0.3, -0.25) is 4.34 Å². The molecule has 6 rings (SSSR count). The summed E-state index contributed by atoms with van der Waals surface area (Å²) in [6.07, 6.45) is 0. The summed E-state index contributed by atoms with van der Waals surface area (Å²) < 4.78 is 8.37. The Bertz CT molecular complexity index is 1330. The maximum atomic E-state index is 6.34. The van der Waals surface area contributed by atoms with Crippen LogP contribution in [-0.4, -0.2) is 8.68 Å². The minimum absolute atomic E-state index is 0.777. The molecule has 0 saturated carbocycles. The van der Waals surface area contributed by atoms with E-state index in [-0.39, 0.29) is 0 Å². The molecule has 2 aliphatic heterocycles. The van der Waals surface area contributed by atoms with Crippen LogP contribution in [0, 0.1) is 0 Å². The molecule has 3 nitrogen and oxygen atoms in total. The van der Waals surface area contributed by atoms with Crippen molar-refractivity contribution in [2.45, 2.75) is 4.90 Å². The molecule has 4 heterocycles. The normalized spacial score (nSPS) is 22.4. The largest absolute Gasteiger partial charge is 0.513 e. The number of thiol groups is 1. The van der Waals surface area contributed by atoms with Gasteiger partial charge in [-0.2, -0.15) is 0 Å². The molecule has 26 heavy (non-hydrogen) atoms. The predicted molar refractivity (Wildman–Crippen MR) is 125 cm³/mol. The lowest BCUT2D eigenvalue weighted by molar-refractivity contribution is 0.615. The van der Waals surface area contributed by atoms with Gasteiger partial charge in [-0.05, 0) is 18.2 Å². The smallest absolute Gasteiger partial charge is 0.206 e. The monoisotopic (exact) mass is 467 g/mol. The molecular weight excluding hydrogens is 458 g/mol. The Labute approximate surface area is 175 Å². The average Bonchev–Trinajstić information content (AvgIpc) is 3.09. The van der Waals surface area contributed by atoms with Crippen molar-refractivity contribution < 1.29 is 4.52 Å². The number of hydrogen-bond donors (Lipinski definition) is 1. The van der Waals surface area contributed by atoms with E-state index in [1.54, 1.807) is 11.4 Å². The summed E-state index contributed by atoms with van der Waals surface area (Å²) in [5, 5.41) is 2.14. The van der Waals surface area contributed by atoms with Crippen LogP contribution in [0.1, 0.15) is 0 Å². The van der Waals surface area contributed by atoms with Crippen molar-refractivity contribution in [3.63, 3.8) is 0 Å². The first-order valence-electron chi connectivity index (χ1n) is 7.72. The van der Waals surface area contributed by atoms with Crippen LogP contribution in [0.4, 0.5) is 0 Å². The van der Waals surface area contributed by atoms with Crippen molar-refractivity contribution in [3.05, 3.63) is 48.5 Å². The lowest BCUT2D eigenvalue weighted by Crippen LogP contribution is -2.15. The zero-order valence-electron chi connectivity index (χ0n) is 12.9. The van der Waals surface area contributed by atoms with Gasteiger partial charge < -0.3 is 29.0 Å². The molecule has 4 aromatic rings. The fourth-order valence-corrected chi connectivity index (χ4v) is 13.0. The van der Waals surface area contributed by atoms with Crippen molar-refractivity contribution in [1.29, 1.82) is 0 Å². The van der Waals surface area contributed by atoms with Gasteiger partial charge >= 0.3 is 0 Å². The summed E-state index contributed by atoms with van der Waals surface area (Å²) >= 11 is 24.3. The van der Waals surface area contributed by atoms with Gasteiger partial charge in [-0.15, -0.1) is 12.2 Å². The Hall–Kier alpha value is -0.200. The summed E-state index contributed by atoms with van der Waals surface area (Å²) in [5.41, 5.74) is 4.11. The molecule has 130 valence electrons. The van der Waals surface area contributed by atoms with E-state index in [1.807, 2.05) is 30.3 Å². The van der Waals surface area contributed by atoms with E-state index < -0.39 is 10.6 Å². The van der Waals surface area contributed by atoms with Gasteiger partial charge in [0.25, 0.3) is 0 Å². The Morgan fingerprint density at radius 1 is 1.00 bits per heavy atom. The van der Waals surface area contributed by atoms with Gasteiger partial charge in [-0.1, -0.05) is 53.5 Å². The van der Waals surface area contributed by atoms with Crippen molar-refractivity contribution in [1.82, 2.24) is 8.68 Å². The van der Waals surface area contributed by atoms with Crippen LogP contribution in [0.25, 0.3) is 33.2 Å². The number of hydrogen-bond acceptors (Lipinski definition) is 5. The number of rotatable bonds is 0. The van der Waals surface area contributed by atoms with E-state index in [4.69, 9.17) is 53.1 Å². The van der Waals surface area contributed by atoms with Crippen molar-refractivity contribution >= 4 is 92.4 Å². The highest BCUT2D eigenvalue weighted by Crippen LogP contribution is 2.79. The van der Waals surface area contributed by atoms with Crippen molar-refractivity contribution in [2.24, 2.45) is 0 Å². The quantitative estimate of drug-likeness (QED) is 0.183. The second-order valence-corrected chi connectivity index (χ2v) is 21.1. The molecule has 0 spiro atoms. The first-order chi connectivity index (χ1) is 12.4. The Morgan fingerprint density at radius 2 is 1.65 bits per heavy atom. The van der Waals surface area contributed by atoms with Gasteiger partial charge in [0.15, 0.2) is 0 Å². The second-order valence-electron chi connectivity index (χ2n) is 6.16. The highest BCUT2D eigenvalue weighted by atomic mass is 33.2. The third-order valence-electron chi connectivity index (χ3n) is 4.75. The van der Waals surface area contributed by atoms with Gasteiger partial charge in [-0.25, -0.2) is 4.34 Å². The summed E-state index contributed by atoms with van der Waals surface area (Å²) in [6, 6.07) is 13.7. The summed E-state index contributed by atoms with van der Waals surface area (Å²) in [5.74, 6) is 0.777. The maximum Gasteiger partial charge on any atom is 0.206 e. The first kappa shape index (κ1) is 16.7. The molecule has 1 unspecified atom stereocenters. The molecular formula is C16H9N2OP2S5-.